The Balaban J connectivity index is 1.68. The molecule has 30 heavy (non-hydrogen) atoms. The fourth-order valence-electron chi connectivity index (χ4n) is 3.89. The molecule has 150 valence electrons. The smallest absolute Gasteiger partial charge is 0.336 e. The number of rotatable bonds is 4. The summed E-state index contributed by atoms with van der Waals surface area (Å²) in [6.07, 6.45) is 2.06. The van der Waals surface area contributed by atoms with Gasteiger partial charge >= 0.3 is 5.97 Å². The minimum Gasteiger partial charge on any atom is -0.478 e. The third kappa shape index (κ3) is 3.35. The molecule has 1 aliphatic rings. The molecule has 0 aliphatic carbocycles. The molecule has 4 aromatic rings. The molecule has 3 aromatic heterocycles. The number of carbonyl (C=O) groups is 1. The van der Waals surface area contributed by atoms with Gasteiger partial charge in [-0.2, -0.15) is 0 Å². The predicted octanol–water partition coefficient (Wildman–Crippen LogP) is 5.49. The number of aromatic nitrogens is 2. The largest absolute Gasteiger partial charge is 0.478 e. The van der Waals surface area contributed by atoms with Crippen molar-refractivity contribution in [2.45, 2.75) is 13.5 Å². The highest BCUT2D eigenvalue weighted by atomic mass is 32.1. The van der Waals surface area contributed by atoms with Gasteiger partial charge < -0.3 is 5.11 Å². The average molecular weight is 434 g/mol. The number of nitrogens with zero attached hydrogens (tertiary/aromatic N) is 3. The Morgan fingerprint density at radius 3 is 2.80 bits per heavy atom. The van der Waals surface area contributed by atoms with Gasteiger partial charge in [0.05, 0.1) is 27.3 Å². The van der Waals surface area contributed by atoms with Gasteiger partial charge in [-0.3, -0.25) is 4.90 Å². The molecule has 0 bridgehead atoms. The molecule has 0 atom stereocenters. The first-order valence-electron chi connectivity index (χ1n) is 9.71. The molecule has 1 N–H and O–H groups in total. The van der Waals surface area contributed by atoms with E-state index in [4.69, 9.17) is 9.97 Å². The molecule has 0 saturated carbocycles. The number of thiophene rings is 1. The van der Waals surface area contributed by atoms with Crippen molar-refractivity contribution in [3.63, 3.8) is 0 Å². The van der Waals surface area contributed by atoms with E-state index in [0.717, 1.165) is 45.5 Å². The number of thiazole rings is 1. The van der Waals surface area contributed by atoms with Gasteiger partial charge in [0.2, 0.25) is 0 Å². The third-order valence-corrected chi connectivity index (χ3v) is 7.21. The second kappa shape index (κ2) is 7.75. The van der Waals surface area contributed by atoms with Gasteiger partial charge in [0.25, 0.3) is 0 Å². The maximum atomic E-state index is 12.2. The lowest BCUT2D eigenvalue weighted by molar-refractivity contribution is 0.0696. The molecular formula is C23H19N3O2S2. The molecule has 0 amide bonds. The summed E-state index contributed by atoms with van der Waals surface area (Å²) in [6.45, 7) is 4.23. The summed E-state index contributed by atoms with van der Waals surface area (Å²) in [5.41, 5.74) is 4.53. The van der Waals surface area contributed by atoms with E-state index in [1.54, 1.807) is 22.7 Å². The molecule has 1 aliphatic heterocycles. The summed E-state index contributed by atoms with van der Waals surface area (Å²) in [4.78, 5) is 25.3. The summed E-state index contributed by atoms with van der Waals surface area (Å²) in [6, 6.07) is 11.6. The molecule has 7 heteroatoms. The Bertz CT molecular complexity index is 1280. The minimum absolute atomic E-state index is 0.359. The van der Waals surface area contributed by atoms with Crippen LogP contribution >= 0.6 is 22.7 Å². The highest BCUT2D eigenvalue weighted by molar-refractivity contribution is 7.20. The molecule has 5 rings (SSSR count). The monoisotopic (exact) mass is 433 g/mol. The first kappa shape index (κ1) is 19.1. The number of aromatic carboxylic acids is 1. The van der Waals surface area contributed by atoms with E-state index < -0.39 is 5.97 Å². The number of para-hydroxylation sites is 1. The fraction of sp³-hybridized carbons (Fsp3) is 0.174. The van der Waals surface area contributed by atoms with Crippen LogP contribution in [0.15, 0.2) is 47.2 Å². The molecular weight excluding hydrogens is 414 g/mol. The van der Waals surface area contributed by atoms with Crippen LogP contribution in [0.1, 0.15) is 34.2 Å². The molecule has 5 nitrogen and oxygen atoms in total. The van der Waals surface area contributed by atoms with Gasteiger partial charge in [0, 0.05) is 29.4 Å². The number of hydrogen-bond donors (Lipinski definition) is 1. The van der Waals surface area contributed by atoms with Crippen LogP contribution in [0.5, 0.6) is 0 Å². The standard InChI is InChI=1S/C23H19N3O2S2/c1-2-26-11-14(10-15-13-30-22(24-15)19-8-5-9-29-19)21-17(12-26)20(23(27)28)16-6-3-4-7-18(16)25-21/h3-10,13H,2,11-12H2,1H3,(H,27,28)/b14-10-. The van der Waals surface area contributed by atoms with Gasteiger partial charge in [0.1, 0.15) is 5.01 Å². The van der Waals surface area contributed by atoms with E-state index in [9.17, 15) is 9.90 Å². The number of carboxylic acids is 1. The van der Waals surface area contributed by atoms with E-state index >= 15 is 0 Å². The maximum absolute atomic E-state index is 12.2. The number of carboxylic acid groups (broad SMARTS) is 1. The fourth-order valence-corrected chi connectivity index (χ4v) is 5.48. The van der Waals surface area contributed by atoms with Crippen molar-refractivity contribution in [3.05, 3.63) is 69.7 Å². The quantitative estimate of drug-likeness (QED) is 0.461. The molecule has 0 saturated heterocycles. The number of hydrogen-bond acceptors (Lipinski definition) is 6. The van der Waals surface area contributed by atoms with Crippen LogP contribution in [0.4, 0.5) is 0 Å². The van der Waals surface area contributed by atoms with Crippen molar-refractivity contribution in [2.24, 2.45) is 0 Å². The number of fused-ring (bicyclic) bond motifs is 2. The summed E-state index contributed by atoms with van der Waals surface area (Å²) < 4.78 is 0. The first-order valence-corrected chi connectivity index (χ1v) is 11.5. The van der Waals surface area contributed by atoms with Gasteiger partial charge in [0.15, 0.2) is 0 Å². The van der Waals surface area contributed by atoms with E-state index in [-0.39, 0.29) is 0 Å². The average Bonchev–Trinajstić information content (AvgIpc) is 3.43. The predicted molar refractivity (Wildman–Crippen MR) is 123 cm³/mol. The Morgan fingerprint density at radius 2 is 2.03 bits per heavy atom. The SMILES string of the molecule is CCN1C/C(=C/c2csc(-c3cccs3)n2)c2nc3ccccc3c(C(=O)O)c2C1. The van der Waals surface area contributed by atoms with Crippen LogP contribution in [0, 0.1) is 0 Å². The Kier molecular flexibility index (Phi) is 4.94. The summed E-state index contributed by atoms with van der Waals surface area (Å²) in [7, 11) is 0. The lowest BCUT2D eigenvalue weighted by Gasteiger charge is -2.30. The molecule has 1 aromatic carbocycles. The van der Waals surface area contributed by atoms with Crippen LogP contribution in [0.25, 0.3) is 32.4 Å². The Labute approximate surface area is 182 Å². The highest BCUT2D eigenvalue weighted by Crippen LogP contribution is 2.35. The van der Waals surface area contributed by atoms with Crippen molar-refractivity contribution in [1.29, 1.82) is 0 Å². The first-order chi connectivity index (χ1) is 14.6. The van der Waals surface area contributed by atoms with E-state index in [2.05, 4.69) is 24.0 Å². The molecule has 4 heterocycles. The molecule has 0 spiro atoms. The Hall–Kier alpha value is -2.87. The number of likely N-dealkylation sites (N-methyl/N-ethyl adjacent to an activating group) is 1. The number of pyridine rings is 1. The normalized spacial score (nSPS) is 15.6. The second-order valence-electron chi connectivity index (χ2n) is 7.16. The van der Waals surface area contributed by atoms with Crippen molar-refractivity contribution in [1.82, 2.24) is 14.9 Å². The van der Waals surface area contributed by atoms with Crippen LogP contribution in [-0.2, 0) is 6.54 Å². The zero-order valence-corrected chi connectivity index (χ0v) is 18.0. The lowest BCUT2D eigenvalue weighted by Crippen LogP contribution is -2.31. The van der Waals surface area contributed by atoms with Crippen molar-refractivity contribution in [3.8, 4) is 9.88 Å². The van der Waals surface area contributed by atoms with E-state index in [0.29, 0.717) is 23.0 Å². The summed E-state index contributed by atoms with van der Waals surface area (Å²) in [5, 5.41) is 15.8. The van der Waals surface area contributed by atoms with Crippen molar-refractivity contribution in [2.75, 3.05) is 13.1 Å². The van der Waals surface area contributed by atoms with Crippen molar-refractivity contribution < 1.29 is 9.90 Å². The zero-order valence-electron chi connectivity index (χ0n) is 16.3. The van der Waals surface area contributed by atoms with Crippen LogP contribution in [-0.4, -0.2) is 39.0 Å². The minimum atomic E-state index is -0.907. The van der Waals surface area contributed by atoms with Gasteiger partial charge in [-0.15, -0.1) is 22.7 Å². The van der Waals surface area contributed by atoms with Crippen molar-refractivity contribution >= 4 is 51.2 Å². The maximum Gasteiger partial charge on any atom is 0.336 e. The molecule has 0 unspecified atom stereocenters. The van der Waals surface area contributed by atoms with E-state index in [1.165, 1.54) is 0 Å². The van der Waals surface area contributed by atoms with Crippen LogP contribution < -0.4 is 0 Å². The number of benzene rings is 1. The third-order valence-electron chi connectivity index (χ3n) is 5.31. The molecule has 0 radical (unpaired) electrons. The second-order valence-corrected chi connectivity index (χ2v) is 8.97. The Morgan fingerprint density at radius 1 is 1.17 bits per heavy atom. The summed E-state index contributed by atoms with van der Waals surface area (Å²) in [5.74, 6) is -0.907. The topological polar surface area (TPSA) is 66.3 Å². The highest BCUT2D eigenvalue weighted by Gasteiger charge is 2.28. The van der Waals surface area contributed by atoms with Crippen LogP contribution in [0.2, 0.25) is 0 Å². The van der Waals surface area contributed by atoms with Gasteiger partial charge in [-0.05, 0) is 35.7 Å². The molecule has 0 fully saturated rings. The van der Waals surface area contributed by atoms with Gasteiger partial charge in [-0.25, -0.2) is 14.8 Å². The zero-order chi connectivity index (χ0) is 20.7. The van der Waals surface area contributed by atoms with E-state index in [1.807, 2.05) is 41.1 Å². The lowest BCUT2D eigenvalue weighted by atomic mass is 9.92. The van der Waals surface area contributed by atoms with Crippen LogP contribution in [0.3, 0.4) is 0 Å². The summed E-state index contributed by atoms with van der Waals surface area (Å²) >= 11 is 3.30. The van der Waals surface area contributed by atoms with Gasteiger partial charge in [-0.1, -0.05) is 31.2 Å².